The highest BCUT2D eigenvalue weighted by Crippen LogP contribution is 2.30. The van der Waals surface area contributed by atoms with Crippen molar-refractivity contribution >= 4 is 57.2 Å². The van der Waals surface area contributed by atoms with Gasteiger partial charge in [-0.25, -0.2) is 9.97 Å². The summed E-state index contributed by atoms with van der Waals surface area (Å²) < 4.78 is 0. The number of amides is 1. The maximum Gasteiger partial charge on any atom is 0.260 e. The molecule has 0 radical (unpaired) electrons. The SMILES string of the molecule is O=C(Nc1nc(-c2ccc(Cl)c(Cl)c2)cs1)c1cccnc1Cl. The maximum absolute atomic E-state index is 12.2. The van der Waals surface area contributed by atoms with Crippen LogP contribution in [-0.4, -0.2) is 15.9 Å². The van der Waals surface area contributed by atoms with E-state index >= 15 is 0 Å². The molecule has 0 aliphatic rings. The summed E-state index contributed by atoms with van der Waals surface area (Å²) in [5.74, 6) is -0.363. The first-order chi connectivity index (χ1) is 11.0. The molecule has 0 bridgehead atoms. The van der Waals surface area contributed by atoms with Crippen molar-refractivity contribution in [2.45, 2.75) is 0 Å². The van der Waals surface area contributed by atoms with Gasteiger partial charge in [0.2, 0.25) is 0 Å². The van der Waals surface area contributed by atoms with Crippen LogP contribution in [0, 0.1) is 0 Å². The fourth-order valence-electron chi connectivity index (χ4n) is 1.84. The predicted molar refractivity (Wildman–Crippen MR) is 94.8 cm³/mol. The van der Waals surface area contributed by atoms with Gasteiger partial charge in [0.15, 0.2) is 5.13 Å². The lowest BCUT2D eigenvalue weighted by Gasteiger charge is -2.03. The third-order valence-electron chi connectivity index (χ3n) is 2.94. The molecule has 1 aromatic carbocycles. The molecule has 1 N–H and O–H groups in total. The van der Waals surface area contributed by atoms with Gasteiger partial charge in [0, 0.05) is 17.1 Å². The largest absolute Gasteiger partial charge is 0.298 e. The lowest BCUT2D eigenvalue weighted by atomic mass is 10.2. The molecule has 8 heteroatoms. The third kappa shape index (κ3) is 3.64. The van der Waals surface area contributed by atoms with Gasteiger partial charge in [0.25, 0.3) is 5.91 Å². The van der Waals surface area contributed by atoms with Crippen LogP contribution in [0.3, 0.4) is 0 Å². The molecular weight excluding hydrogens is 377 g/mol. The average Bonchev–Trinajstić information content (AvgIpc) is 2.99. The number of thiazole rings is 1. The molecule has 0 unspecified atom stereocenters. The fraction of sp³-hybridized carbons (Fsp3) is 0. The minimum atomic E-state index is -0.363. The van der Waals surface area contributed by atoms with E-state index in [9.17, 15) is 4.79 Å². The summed E-state index contributed by atoms with van der Waals surface area (Å²) in [5, 5.41) is 6.05. The standard InChI is InChI=1S/C15H8Cl3N3OS/c16-10-4-3-8(6-11(10)17)12-7-23-15(20-12)21-14(22)9-2-1-5-19-13(9)18/h1-7H,(H,20,21,22). The average molecular weight is 385 g/mol. The molecule has 0 saturated carbocycles. The fourth-order valence-corrected chi connectivity index (χ4v) is 3.06. The Morgan fingerprint density at radius 1 is 1.13 bits per heavy atom. The number of anilines is 1. The Bertz CT molecular complexity index is 882. The van der Waals surface area contributed by atoms with Crippen LogP contribution in [0.1, 0.15) is 10.4 Å². The second-order valence-corrected chi connectivity index (χ2v) is 6.49. The van der Waals surface area contributed by atoms with Crippen molar-refractivity contribution in [2.24, 2.45) is 0 Å². The maximum atomic E-state index is 12.2. The molecule has 0 spiro atoms. The molecule has 0 atom stereocenters. The summed E-state index contributed by atoms with van der Waals surface area (Å²) in [6, 6.07) is 8.48. The second-order valence-electron chi connectivity index (χ2n) is 4.46. The second kappa shape index (κ2) is 6.84. The number of benzene rings is 1. The van der Waals surface area contributed by atoms with Gasteiger partial charge in [-0.05, 0) is 24.3 Å². The molecule has 1 amide bonds. The highest BCUT2D eigenvalue weighted by atomic mass is 35.5. The van der Waals surface area contributed by atoms with Crippen molar-refractivity contribution in [1.29, 1.82) is 0 Å². The van der Waals surface area contributed by atoms with E-state index in [1.807, 2.05) is 11.4 Å². The summed E-state index contributed by atoms with van der Waals surface area (Å²) in [4.78, 5) is 20.4. The zero-order valence-corrected chi connectivity index (χ0v) is 14.5. The van der Waals surface area contributed by atoms with Crippen molar-refractivity contribution < 1.29 is 4.79 Å². The number of carbonyl (C=O) groups is 1. The molecule has 0 fully saturated rings. The summed E-state index contributed by atoms with van der Waals surface area (Å²) in [5.41, 5.74) is 1.80. The summed E-state index contributed by atoms with van der Waals surface area (Å²) >= 11 is 19.1. The minimum Gasteiger partial charge on any atom is -0.298 e. The zero-order chi connectivity index (χ0) is 16.4. The number of hydrogen-bond donors (Lipinski definition) is 1. The van der Waals surface area contributed by atoms with Crippen molar-refractivity contribution in [3.8, 4) is 11.3 Å². The van der Waals surface area contributed by atoms with Crippen molar-refractivity contribution in [3.63, 3.8) is 0 Å². The number of halogens is 3. The van der Waals surface area contributed by atoms with E-state index < -0.39 is 0 Å². The Labute approximate surface area is 151 Å². The topological polar surface area (TPSA) is 54.9 Å². The first-order valence-corrected chi connectivity index (χ1v) is 8.39. The van der Waals surface area contributed by atoms with Gasteiger partial charge >= 0.3 is 0 Å². The van der Waals surface area contributed by atoms with E-state index in [0.717, 1.165) is 5.56 Å². The Hall–Kier alpha value is -1.66. The van der Waals surface area contributed by atoms with Crippen LogP contribution in [-0.2, 0) is 0 Å². The number of aromatic nitrogens is 2. The predicted octanol–water partition coefficient (Wildman–Crippen LogP) is 5.42. The Kier molecular flexibility index (Phi) is 4.82. The molecule has 0 aliphatic heterocycles. The van der Waals surface area contributed by atoms with Crippen LogP contribution in [0.5, 0.6) is 0 Å². The Morgan fingerprint density at radius 3 is 2.70 bits per heavy atom. The Morgan fingerprint density at radius 2 is 1.96 bits per heavy atom. The molecule has 3 rings (SSSR count). The van der Waals surface area contributed by atoms with E-state index in [1.165, 1.54) is 17.5 Å². The normalized spacial score (nSPS) is 10.6. The molecular formula is C15H8Cl3N3OS. The molecule has 0 saturated heterocycles. The molecule has 23 heavy (non-hydrogen) atoms. The lowest BCUT2D eigenvalue weighted by molar-refractivity contribution is 0.102. The minimum absolute atomic E-state index is 0.145. The van der Waals surface area contributed by atoms with Gasteiger partial charge in [0.05, 0.1) is 21.3 Å². The van der Waals surface area contributed by atoms with E-state index in [4.69, 9.17) is 34.8 Å². The van der Waals surface area contributed by atoms with Gasteiger partial charge in [0.1, 0.15) is 5.15 Å². The van der Waals surface area contributed by atoms with Crippen molar-refractivity contribution in [1.82, 2.24) is 9.97 Å². The van der Waals surface area contributed by atoms with Gasteiger partial charge in [-0.15, -0.1) is 11.3 Å². The van der Waals surface area contributed by atoms with Crippen LogP contribution < -0.4 is 5.32 Å². The van der Waals surface area contributed by atoms with Crippen LogP contribution in [0.2, 0.25) is 15.2 Å². The van der Waals surface area contributed by atoms with E-state index in [-0.39, 0.29) is 11.1 Å². The van der Waals surface area contributed by atoms with Gasteiger partial charge in [-0.2, -0.15) is 0 Å². The van der Waals surface area contributed by atoms with Crippen molar-refractivity contribution in [3.05, 3.63) is 62.7 Å². The summed E-state index contributed by atoms with van der Waals surface area (Å²) in [7, 11) is 0. The van der Waals surface area contributed by atoms with Crippen LogP contribution in [0.4, 0.5) is 5.13 Å². The first kappa shape index (κ1) is 16.2. The number of hydrogen-bond acceptors (Lipinski definition) is 4. The number of pyridine rings is 1. The molecule has 3 aromatic rings. The quantitative estimate of drug-likeness (QED) is 0.614. The smallest absolute Gasteiger partial charge is 0.260 e. The zero-order valence-electron chi connectivity index (χ0n) is 11.4. The van der Waals surface area contributed by atoms with Crippen molar-refractivity contribution in [2.75, 3.05) is 5.32 Å². The van der Waals surface area contributed by atoms with Gasteiger partial charge in [-0.1, -0.05) is 40.9 Å². The summed E-state index contributed by atoms with van der Waals surface area (Å²) in [6.07, 6.45) is 1.52. The third-order valence-corrected chi connectivity index (χ3v) is 4.74. The number of carbonyl (C=O) groups excluding carboxylic acids is 1. The van der Waals surface area contributed by atoms with Crippen LogP contribution in [0.15, 0.2) is 41.9 Å². The number of nitrogens with one attached hydrogen (secondary N) is 1. The summed E-state index contributed by atoms with van der Waals surface area (Å²) in [6.45, 7) is 0. The number of rotatable bonds is 3. The molecule has 2 heterocycles. The first-order valence-electron chi connectivity index (χ1n) is 6.37. The van der Waals surface area contributed by atoms with Gasteiger partial charge < -0.3 is 0 Å². The Balaban J connectivity index is 1.81. The highest BCUT2D eigenvalue weighted by Gasteiger charge is 2.13. The monoisotopic (exact) mass is 383 g/mol. The van der Waals surface area contributed by atoms with E-state index in [1.54, 1.807) is 24.3 Å². The lowest BCUT2D eigenvalue weighted by Crippen LogP contribution is -2.12. The van der Waals surface area contributed by atoms with E-state index in [0.29, 0.717) is 26.4 Å². The van der Waals surface area contributed by atoms with Crippen LogP contribution >= 0.6 is 46.1 Å². The molecule has 2 aromatic heterocycles. The van der Waals surface area contributed by atoms with E-state index in [2.05, 4.69) is 15.3 Å². The highest BCUT2D eigenvalue weighted by molar-refractivity contribution is 7.14. The number of nitrogens with zero attached hydrogens (tertiary/aromatic N) is 2. The molecule has 0 aliphatic carbocycles. The van der Waals surface area contributed by atoms with Crippen LogP contribution in [0.25, 0.3) is 11.3 Å². The molecule has 116 valence electrons. The molecule has 4 nitrogen and oxygen atoms in total. The van der Waals surface area contributed by atoms with Gasteiger partial charge in [-0.3, -0.25) is 10.1 Å².